The minimum absolute atomic E-state index is 0.315. The van der Waals surface area contributed by atoms with E-state index < -0.39 is 0 Å². The zero-order valence-corrected chi connectivity index (χ0v) is 15.6. The number of thiazole rings is 1. The highest BCUT2D eigenvalue weighted by atomic mass is 35.5. The van der Waals surface area contributed by atoms with Gasteiger partial charge in [-0.15, -0.1) is 21.5 Å². The molecule has 4 aromatic rings. The van der Waals surface area contributed by atoms with Crippen molar-refractivity contribution in [3.05, 3.63) is 70.7 Å². The molecule has 0 aliphatic rings. The quantitative estimate of drug-likeness (QED) is 0.510. The van der Waals surface area contributed by atoms with Gasteiger partial charge in [-0.2, -0.15) is 0 Å². The fraction of sp³-hybridized carbons (Fsp3) is 0. The summed E-state index contributed by atoms with van der Waals surface area (Å²) in [6.07, 6.45) is 0. The normalized spacial score (nSPS) is 10.7. The lowest BCUT2D eigenvalue weighted by Crippen LogP contribution is -2.12. The van der Waals surface area contributed by atoms with E-state index in [1.54, 1.807) is 11.4 Å². The molecule has 26 heavy (non-hydrogen) atoms. The summed E-state index contributed by atoms with van der Waals surface area (Å²) in [5, 5.41) is 15.2. The summed E-state index contributed by atoms with van der Waals surface area (Å²) in [6, 6.07) is 17.1. The van der Waals surface area contributed by atoms with Crippen LogP contribution in [0.3, 0.4) is 0 Å². The van der Waals surface area contributed by atoms with Crippen LogP contribution in [0.25, 0.3) is 21.1 Å². The smallest absolute Gasteiger partial charge is 0.276 e. The van der Waals surface area contributed by atoms with Crippen molar-refractivity contribution in [1.82, 2.24) is 15.2 Å². The fourth-order valence-corrected chi connectivity index (χ4v) is 4.00. The Morgan fingerprint density at radius 1 is 0.962 bits per heavy atom. The summed E-state index contributed by atoms with van der Waals surface area (Å²) in [5.74, 6) is -0.315. The van der Waals surface area contributed by atoms with Gasteiger partial charge in [-0.3, -0.25) is 10.1 Å². The van der Waals surface area contributed by atoms with Gasteiger partial charge < -0.3 is 0 Å². The lowest BCUT2D eigenvalue weighted by atomic mass is 10.2. The predicted octanol–water partition coefficient (Wildman–Crippen LogP) is 5.23. The molecule has 4 rings (SSSR count). The van der Waals surface area contributed by atoms with Gasteiger partial charge in [0.25, 0.3) is 5.91 Å². The van der Waals surface area contributed by atoms with Crippen LogP contribution < -0.4 is 5.32 Å². The number of carbonyl (C=O) groups excluding carboxylic acids is 1. The summed E-state index contributed by atoms with van der Waals surface area (Å²) in [5.41, 5.74) is 2.17. The predicted molar refractivity (Wildman–Crippen MR) is 106 cm³/mol. The molecule has 0 bridgehead atoms. The number of hydrogen-bond donors (Lipinski definition) is 1. The van der Waals surface area contributed by atoms with Crippen LogP contribution in [0.1, 0.15) is 10.5 Å². The van der Waals surface area contributed by atoms with Crippen LogP contribution in [0.15, 0.2) is 60.0 Å². The molecule has 2 aromatic carbocycles. The minimum atomic E-state index is -0.315. The molecule has 2 aromatic heterocycles. The van der Waals surface area contributed by atoms with Crippen molar-refractivity contribution in [3.8, 4) is 21.1 Å². The van der Waals surface area contributed by atoms with Crippen molar-refractivity contribution in [2.24, 2.45) is 0 Å². The Kier molecular flexibility index (Phi) is 4.75. The number of rotatable bonds is 4. The molecule has 1 N–H and O–H groups in total. The Bertz CT molecular complexity index is 1060. The SMILES string of the molecule is O=C(Nc1nnc(-c2ccccc2)s1)c1csc(-c2cccc(Cl)c2)n1. The molecule has 0 spiro atoms. The molecular weight excluding hydrogens is 388 g/mol. The van der Waals surface area contributed by atoms with Gasteiger partial charge in [0.1, 0.15) is 15.7 Å². The number of anilines is 1. The van der Waals surface area contributed by atoms with Crippen LogP contribution in [0, 0.1) is 0 Å². The largest absolute Gasteiger partial charge is 0.295 e. The molecule has 0 unspecified atom stereocenters. The van der Waals surface area contributed by atoms with E-state index in [1.807, 2.05) is 48.5 Å². The highest BCUT2D eigenvalue weighted by Gasteiger charge is 2.15. The number of carbonyl (C=O) groups is 1. The minimum Gasteiger partial charge on any atom is -0.295 e. The zero-order valence-electron chi connectivity index (χ0n) is 13.2. The van der Waals surface area contributed by atoms with Gasteiger partial charge in [-0.05, 0) is 12.1 Å². The van der Waals surface area contributed by atoms with Crippen molar-refractivity contribution in [3.63, 3.8) is 0 Å². The van der Waals surface area contributed by atoms with Crippen molar-refractivity contribution < 1.29 is 4.79 Å². The highest BCUT2D eigenvalue weighted by Crippen LogP contribution is 2.28. The Morgan fingerprint density at radius 3 is 2.58 bits per heavy atom. The van der Waals surface area contributed by atoms with E-state index in [-0.39, 0.29) is 5.91 Å². The second-order valence-corrected chi connectivity index (χ2v) is 7.55. The van der Waals surface area contributed by atoms with Gasteiger partial charge in [0.05, 0.1) is 0 Å². The number of aromatic nitrogens is 3. The molecular formula is C18H11ClN4OS2. The molecule has 0 aliphatic carbocycles. The van der Waals surface area contributed by atoms with Crippen LogP contribution in [0.5, 0.6) is 0 Å². The van der Waals surface area contributed by atoms with Crippen LogP contribution in [-0.2, 0) is 0 Å². The number of amides is 1. The van der Waals surface area contributed by atoms with Crippen molar-refractivity contribution in [2.45, 2.75) is 0 Å². The van der Waals surface area contributed by atoms with E-state index in [1.165, 1.54) is 22.7 Å². The van der Waals surface area contributed by atoms with E-state index in [9.17, 15) is 4.79 Å². The van der Waals surface area contributed by atoms with Gasteiger partial charge in [0, 0.05) is 21.5 Å². The van der Waals surface area contributed by atoms with Gasteiger partial charge in [-0.25, -0.2) is 4.98 Å². The maximum absolute atomic E-state index is 12.4. The maximum atomic E-state index is 12.4. The molecule has 2 heterocycles. The number of halogens is 1. The number of hydrogen-bond acceptors (Lipinski definition) is 6. The van der Waals surface area contributed by atoms with Gasteiger partial charge >= 0.3 is 0 Å². The molecule has 0 atom stereocenters. The third-order valence-corrected chi connectivity index (χ3v) is 5.49. The van der Waals surface area contributed by atoms with E-state index in [0.717, 1.165) is 21.1 Å². The molecule has 0 saturated heterocycles. The fourth-order valence-electron chi connectivity index (χ4n) is 2.26. The van der Waals surface area contributed by atoms with E-state index in [4.69, 9.17) is 11.6 Å². The molecule has 0 radical (unpaired) electrons. The zero-order chi connectivity index (χ0) is 17.9. The first-order valence-electron chi connectivity index (χ1n) is 7.61. The summed E-state index contributed by atoms with van der Waals surface area (Å²) in [4.78, 5) is 16.8. The van der Waals surface area contributed by atoms with Crippen LogP contribution in [0.2, 0.25) is 5.02 Å². The van der Waals surface area contributed by atoms with Gasteiger partial charge in [0.2, 0.25) is 5.13 Å². The van der Waals surface area contributed by atoms with Gasteiger partial charge in [-0.1, -0.05) is 65.4 Å². The van der Waals surface area contributed by atoms with Gasteiger partial charge in [0.15, 0.2) is 0 Å². The summed E-state index contributed by atoms with van der Waals surface area (Å²) >= 11 is 8.72. The first kappa shape index (κ1) is 16.8. The monoisotopic (exact) mass is 398 g/mol. The summed E-state index contributed by atoms with van der Waals surface area (Å²) in [7, 11) is 0. The van der Waals surface area contributed by atoms with Crippen LogP contribution >= 0.6 is 34.3 Å². The topological polar surface area (TPSA) is 67.8 Å². The Hall–Kier alpha value is -2.61. The molecule has 0 fully saturated rings. The third-order valence-electron chi connectivity index (χ3n) is 3.47. The number of nitrogens with zero attached hydrogens (tertiary/aromatic N) is 3. The molecule has 0 saturated carbocycles. The Balaban J connectivity index is 1.50. The average Bonchev–Trinajstić information content (AvgIpc) is 3.32. The number of nitrogens with one attached hydrogen (secondary N) is 1. The van der Waals surface area contributed by atoms with Crippen LogP contribution in [0.4, 0.5) is 5.13 Å². The molecule has 5 nitrogen and oxygen atoms in total. The van der Waals surface area contributed by atoms with Crippen molar-refractivity contribution in [1.29, 1.82) is 0 Å². The first-order chi connectivity index (χ1) is 12.7. The van der Waals surface area contributed by atoms with Crippen molar-refractivity contribution >= 4 is 45.3 Å². The van der Waals surface area contributed by atoms with E-state index >= 15 is 0 Å². The summed E-state index contributed by atoms with van der Waals surface area (Å²) in [6.45, 7) is 0. The lowest BCUT2D eigenvalue weighted by Gasteiger charge is -1.98. The second kappa shape index (κ2) is 7.33. The summed E-state index contributed by atoms with van der Waals surface area (Å²) < 4.78 is 0. The molecule has 128 valence electrons. The maximum Gasteiger partial charge on any atom is 0.276 e. The Morgan fingerprint density at radius 2 is 1.77 bits per heavy atom. The van der Waals surface area contributed by atoms with Crippen LogP contribution in [-0.4, -0.2) is 21.1 Å². The van der Waals surface area contributed by atoms with E-state index in [2.05, 4.69) is 20.5 Å². The Labute approximate surface area is 162 Å². The second-order valence-electron chi connectivity index (χ2n) is 5.28. The molecule has 0 aliphatic heterocycles. The highest BCUT2D eigenvalue weighted by molar-refractivity contribution is 7.18. The first-order valence-corrected chi connectivity index (χ1v) is 9.68. The average molecular weight is 399 g/mol. The van der Waals surface area contributed by atoms with E-state index in [0.29, 0.717) is 15.8 Å². The van der Waals surface area contributed by atoms with Crippen molar-refractivity contribution in [2.75, 3.05) is 5.32 Å². The number of benzene rings is 2. The lowest BCUT2D eigenvalue weighted by molar-refractivity contribution is 0.102. The molecule has 8 heteroatoms. The molecule has 1 amide bonds. The third kappa shape index (κ3) is 3.65. The standard InChI is InChI=1S/C18H11ClN4OS2/c19-13-8-4-7-12(9-13)16-20-14(10-25-16)15(24)21-18-23-22-17(26-18)11-5-2-1-3-6-11/h1-10H,(H,21,23,24).